The highest BCUT2D eigenvalue weighted by Gasteiger charge is 2.56. The Labute approximate surface area is 105 Å². The first-order valence-electron chi connectivity index (χ1n) is 7.23. The van der Waals surface area contributed by atoms with E-state index in [0.717, 1.165) is 12.8 Å². The van der Waals surface area contributed by atoms with Crippen molar-refractivity contribution in [2.45, 2.75) is 62.9 Å². The van der Waals surface area contributed by atoms with Gasteiger partial charge in [-0.15, -0.1) is 0 Å². The standard InChI is InChI=1S/C14H24O2S/c1-9-3-5-11-12-6-4-10(2)8-14(12)17(15,16)13(11)7-9/h9-14H,3-8H2,1-2H3. The molecule has 2 aliphatic carbocycles. The van der Waals surface area contributed by atoms with Crippen LogP contribution in [0.2, 0.25) is 0 Å². The summed E-state index contributed by atoms with van der Waals surface area (Å²) in [6.07, 6.45) is 6.70. The maximum atomic E-state index is 12.7. The minimum Gasteiger partial charge on any atom is -0.228 e. The van der Waals surface area contributed by atoms with Crippen molar-refractivity contribution in [2.75, 3.05) is 0 Å². The molecule has 2 nitrogen and oxygen atoms in total. The van der Waals surface area contributed by atoms with E-state index in [-0.39, 0.29) is 10.5 Å². The molecular formula is C14H24O2S. The lowest BCUT2D eigenvalue weighted by atomic mass is 9.70. The molecule has 1 saturated heterocycles. The summed E-state index contributed by atoms with van der Waals surface area (Å²) in [6, 6.07) is 0. The van der Waals surface area contributed by atoms with Crippen molar-refractivity contribution >= 4 is 9.84 Å². The molecule has 98 valence electrons. The molecule has 0 amide bonds. The van der Waals surface area contributed by atoms with Crippen LogP contribution in [0, 0.1) is 23.7 Å². The second-order valence-electron chi connectivity index (χ2n) is 6.83. The van der Waals surface area contributed by atoms with Crippen LogP contribution in [-0.4, -0.2) is 18.9 Å². The lowest BCUT2D eigenvalue weighted by molar-refractivity contribution is 0.187. The zero-order chi connectivity index (χ0) is 12.2. The summed E-state index contributed by atoms with van der Waals surface area (Å²) in [7, 11) is -2.81. The first-order chi connectivity index (χ1) is 8.00. The van der Waals surface area contributed by atoms with Crippen molar-refractivity contribution in [1.29, 1.82) is 0 Å². The van der Waals surface area contributed by atoms with Crippen LogP contribution in [0.1, 0.15) is 52.4 Å². The Hall–Kier alpha value is -0.0500. The van der Waals surface area contributed by atoms with Gasteiger partial charge in [0.15, 0.2) is 9.84 Å². The Morgan fingerprint density at radius 2 is 1.18 bits per heavy atom. The average Bonchev–Trinajstić information content (AvgIpc) is 2.49. The van der Waals surface area contributed by atoms with Crippen LogP contribution in [0.15, 0.2) is 0 Å². The number of hydrogen-bond acceptors (Lipinski definition) is 2. The molecule has 0 aromatic rings. The predicted octanol–water partition coefficient (Wildman–Crippen LogP) is 3.02. The van der Waals surface area contributed by atoms with E-state index in [2.05, 4.69) is 13.8 Å². The number of rotatable bonds is 0. The van der Waals surface area contributed by atoms with Gasteiger partial charge in [0.1, 0.15) is 0 Å². The normalized spacial score (nSPS) is 52.8. The third-order valence-electron chi connectivity index (χ3n) is 5.60. The van der Waals surface area contributed by atoms with Gasteiger partial charge in [-0.3, -0.25) is 0 Å². The van der Waals surface area contributed by atoms with Gasteiger partial charge in [0.2, 0.25) is 0 Å². The summed E-state index contributed by atoms with van der Waals surface area (Å²) in [6.45, 7) is 4.44. The van der Waals surface area contributed by atoms with Crippen molar-refractivity contribution in [3.8, 4) is 0 Å². The second-order valence-corrected chi connectivity index (χ2v) is 9.22. The highest BCUT2D eigenvalue weighted by Crippen LogP contribution is 2.52. The van der Waals surface area contributed by atoms with Gasteiger partial charge in [0, 0.05) is 0 Å². The fraction of sp³-hybridized carbons (Fsp3) is 1.00. The Balaban J connectivity index is 1.93. The molecule has 3 heteroatoms. The van der Waals surface area contributed by atoms with E-state index in [9.17, 15) is 8.42 Å². The average molecular weight is 256 g/mol. The van der Waals surface area contributed by atoms with Gasteiger partial charge in [-0.2, -0.15) is 0 Å². The van der Waals surface area contributed by atoms with Crippen LogP contribution in [0.5, 0.6) is 0 Å². The first-order valence-corrected chi connectivity index (χ1v) is 8.83. The van der Waals surface area contributed by atoms with E-state index in [0.29, 0.717) is 23.7 Å². The van der Waals surface area contributed by atoms with E-state index in [1.54, 1.807) is 0 Å². The molecule has 0 radical (unpaired) electrons. The highest BCUT2D eigenvalue weighted by atomic mass is 32.2. The second kappa shape index (κ2) is 3.97. The third kappa shape index (κ3) is 1.76. The molecule has 0 aromatic carbocycles. The summed E-state index contributed by atoms with van der Waals surface area (Å²) in [5, 5.41) is 0.0399. The van der Waals surface area contributed by atoms with Crippen molar-refractivity contribution in [1.82, 2.24) is 0 Å². The maximum Gasteiger partial charge on any atom is 0.156 e. The zero-order valence-corrected chi connectivity index (χ0v) is 11.7. The Kier molecular flexibility index (Phi) is 2.81. The topological polar surface area (TPSA) is 34.1 Å². The number of sulfone groups is 1. The molecular weight excluding hydrogens is 232 g/mol. The van der Waals surface area contributed by atoms with Gasteiger partial charge in [-0.25, -0.2) is 8.42 Å². The molecule has 1 aliphatic heterocycles. The van der Waals surface area contributed by atoms with Crippen molar-refractivity contribution in [2.24, 2.45) is 23.7 Å². The third-order valence-corrected chi connectivity index (χ3v) is 8.38. The van der Waals surface area contributed by atoms with Crippen molar-refractivity contribution in [3.05, 3.63) is 0 Å². The van der Waals surface area contributed by atoms with E-state index >= 15 is 0 Å². The quantitative estimate of drug-likeness (QED) is 0.667. The van der Waals surface area contributed by atoms with Crippen LogP contribution in [-0.2, 0) is 9.84 Å². The highest BCUT2D eigenvalue weighted by molar-refractivity contribution is 7.93. The van der Waals surface area contributed by atoms with E-state index in [1.807, 2.05) is 0 Å². The smallest absolute Gasteiger partial charge is 0.156 e. The molecule has 1 heterocycles. The van der Waals surface area contributed by atoms with Crippen LogP contribution in [0.3, 0.4) is 0 Å². The molecule has 0 bridgehead atoms. The van der Waals surface area contributed by atoms with E-state index in [4.69, 9.17) is 0 Å². The molecule has 3 rings (SSSR count). The van der Waals surface area contributed by atoms with Gasteiger partial charge in [0.05, 0.1) is 10.5 Å². The van der Waals surface area contributed by atoms with Gasteiger partial charge >= 0.3 is 0 Å². The summed E-state index contributed by atoms with van der Waals surface area (Å²) in [5.41, 5.74) is 0. The SMILES string of the molecule is CC1CCC2C3CCC(C)CC3S(=O)(=O)C2C1. The monoisotopic (exact) mass is 256 g/mol. The minimum absolute atomic E-state index is 0.0200. The minimum atomic E-state index is -2.81. The summed E-state index contributed by atoms with van der Waals surface area (Å²) in [5.74, 6) is 2.25. The Bertz CT molecular complexity index is 368. The van der Waals surface area contributed by atoms with Crippen molar-refractivity contribution < 1.29 is 8.42 Å². The maximum absolute atomic E-state index is 12.7. The fourth-order valence-corrected chi connectivity index (χ4v) is 7.96. The Morgan fingerprint density at radius 1 is 0.765 bits per heavy atom. The number of hydrogen-bond donors (Lipinski definition) is 0. The Morgan fingerprint density at radius 3 is 1.59 bits per heavy atom. The van der Waals surface area contributed by atoms with Crippen molar-refractivity contribution in [3.63, 3.8) is 0 Å². The molecule has 0 aromatic heterocycles. The van der Waals surface area contributed by atoms with Crippen LogP contribution < -0.4 is 0 Å². The largest absolute Gasteiger partial charge is 0.228 e. The lowest BCUT2D eigenvalue weighted by Crippen LogP contribution is -2.31. The van der Waals surface area contributed by atoms with Gasteiger partial charge in [0.25, 0.3) is 0 Å². The molecule has 3 aliphatic rings. The molecule has 0 spiro atoms. The lowest BCUT2D eigenvalue weighted by Gasteiger charge is -2.34. The van der Waals surface area contributed by atoms with E-state index in [1.165, 1.54) is 25.7 Å². The molecule has 2 saturated carbocycles. The molecule has 17 heavy (non-hydrogen) atoms. The molecule has 6 atom stereocenters. The summed E-state index contributed by atoms with van der Waals surface area (Å²) < 4.78 is 25.3. The van der Waals surface area contributed by atoms with Gasteiger partial charge < -0.3 is 0 Å². The summed E-state index contributed by atoms with van der Waals surface area (Å²) in [4.78, 5) is 0. The zero-order valence-electron chi connectivity index (χ0n) is 10.9. The van der Waals surface area contributed by atoms with Gasteiger partial charge in [-0.1, -0.05) is 26.7 Å². The fourth-order valence-electron chi connectivity index (χ4n) is 4.66. The van der Waals surface area contributed by atoms with Crippen LogP contribution in [0.25, 0.3) is 0 Å². The van der Waals surface area contributed by atoms with E-state index < -0.39 is 9.84 Å². The number of fused-ring (bicyclic) bond motifs is 3. The molecule has 6 unspecified atom stereocenters. The van der Waals surface area contributed by atoms with Crippen LogP contribution in [0.4, 0.5) is 0 Å². The molecule has 3 fully saturated rings. The predicted molar refractivity (Wildman–Crippen MR) is 69.5 cm³/mol. The summed E-state index contributed by atoms with van der Waals surface area (Å²) >= 11 is 0. The first kappa shape index (κ1) is 12.0. The van der Waals surface area contributed by atoms with Crippen LogP contribution >= 0.6 is 0 Å². The van der Waals surface area contributed by atoms with Gasteiger partial charge in [-0.05, 0) is 49.4 Å². The molecule has 0 N–H and O–H groups in total.